The van der Waals surface area contributed by atoms with Crippen LogP contribution >= 0.6 is 11.6 Å². The van der Waals surface area contributed by atoms with Gasteiger partial charge in [0.25, 0.3) is 0 Å². The Morgan fingerprint density at radius 2 is 2.04 bits per heavy atom. The average molecular weight is 349 g/mol. The van der Waals surface area contributed by atoms with E-state index in [0.717, 1.165) is 5.56 Å². The number of carbonyl (C=O) groups is 1. The van der Waals surface area contributed by atoms with Crippen molar-refractivity contribution in [3.05, 3.63) is 34.9 Å². The SMILES string of the molecule is CC(C(=O)NCc1ccc(Cl)cc1)N1CCCC(C(F)(F)F)C1. The molecule has 1 aliphatic rings. The standard InChI is InChI=1S/C16H20ClF3N2O/c1-11(22-8-2-3-13(10-22)16(18,19)20)15(23)21-9-12-4-6-14(17)7-5-12/h4-7,11,13H,2-3,8-10H2,1H3,(H,21,23). The molecule has 1 fully saturated rings. The highest BCUT2D eigenvalue weighted by molar-refractivity contribution is 6.30. The van der Waals surface area contributed by atoms with Crippen LogP contribution < -0.4 is 5.32 Å². The molecule has 1 amide bonds. The molecular formula is C16H20ClF3N2O. The average Bonchev–Trinajstić information content (AvgIpc) is 2.52. The Morgan fingerprint density at radius 3 is 2.65 bits per heavy atom. The fourth-order valence-electron chi connectivity index (χ4n) is 2.73. The first-order chi connectivity index (χ1) is 10.8. The second-order valence-corrected chi connectivity index (χ2v) is 6.33. The molecule has 1 heterocycles. The van der Waals surface area contributed by atoms with E-state index < -0.39 is 18.1 Å². The van der Waals surface area contributed by atoms with E-state index in [1.807, 2.05) is 0 Å². The van der Waals surface area contributed by atoms with Crippen molar-refractivity contribution in [2.75, 3.05) is 13.1 Å². The Kier molecular flexibility index (Phi) is 5.92. The molecule has 1 saturated heterocycles. The van der Waals surface area contributed by atoms with E-state index >= 15 is 0 Å². The number of nitrogens with one attached hydrogen (secondary N) is 1. The molecule has 0 radical (unpaired) electrons. The summed E-state index contributed by atoms with van der Waals surface area (Å²) in [5.41, 5.74) is 0.891. The minimum atomic E-state index is -4.20. The first kappa shape index (κ1) is 18.1. The minimum Gasteiger partial charge on any atom is -0.351 e. The van der Waals surface area contributed by atoms with Crippen LogP contribution in [-0.4, -0.2) is 36.1 Å². The van der Waals surface area contributed by atoms with Crippen molar-refractivity contribution >= 4 is 17.5 Å². The molecule has 1 aliphatic heterocycles. The van der Waals surface area contributed by atoms with E-state index in [-0.39, 0.29) is 18.9 Å². The van der Waals surface area contributed by atoms with Gasteiger partial charge in [-0.1, -0.05) is 23.7 Å². The fourth-order valence-corrected chi connectivity index (χ4v) is 2.86. The van der Waals surface area contributed by atoms with Crippen molar-refractivity contribution in [1.82, 2.24) is 10.2 Å². The minimum absolute atomic E-state index is 0.112. The third-order valence-corrected chi connectivity index (χ3v) is 4.47. The molecule has 0 saturated carbocycles. The van der Waals surface area contributed by atoms with Gasteiger partial charge in [0.2, 0.25) is 5.91 Å². The molecule has 1 aromatic rings. The van der Waals surface area contributed by atoms with Crippen molar-refractivity contribution in [3.8, 4) is 0 Å². The molecule has 0 spiro atoms. The van der Waals surface area contributed by atoms with Crippen LogP contribution in [0, 0.1) is 5.92 Å². The molecule has 2 unspecified atom stereocenters. The zero-order valence-corrected chi connectivity index (χ0v) is 13.6. The number of carbonyl (C=O) groups excluding carboxylic acids is 1. The first-order valence-corrected chi connectivity index (χ1v) is 7.98. The summed E-state index contributed by atoms with van der Waals surface area (Å²) in [4.78, 5) is 13.8. The van der Waals surface area contributed by atoms with Gasteiger partial charge in [-0.05, 0) is 44.0 Å². The van der Waals surface area contributed by atoms with E-state index in [9.17, 15) is 18.0 Å². The van der Waals surface area contributed by atoms with Gasteiger partial charge in [-0.2, -0.15) is 13.2 Å². The Hall–Kier alpha value is -1.27. The predicted molar refractivity (Wildman–Crippen MR) is 83.1 cm³/mol. The van der Waals surface area contributed by atoms with Crippen molar-refractivity contribution in [1.29, 1.82) is 0 Å². The van der Waals surface area contributed by atoms with Crippen LogP contribution in [0.25, 0.3) is 0 Å². The first-order valence-electron chi connectivity index (χ1n) is 7.60. The second kappa shape index (κ2) is 7.53. The maximum absolute atomic E-state index is 12.8. The summed E-state index contributed by atoms with van der Waals surface area (Å²) in [7, 11) is 0. The van der Waals surface area contributed by atoms with Crippen molar-refractivity contribution < 1.29 is 18.0 Å². The van der Waals surface area contributed by atoms with E-state index in [0.29, 0.717) is 24.5 Å². The van der Waals surface area contributed by atoms with Crippen LogP contribution in [0.3, 0.4) is 0 Å². The molecule has 0 aliphatic carbocycles. The summed E-state index contributed by atoms with van der Waals surface area (Å²) in [5.74, 6) is -1.61. The van der Waals surface area contributed by atoms with Crippen molar-refractivity contribution in [3.63, 3.8) is 0 Å². The monoisotopic (exact) mass is 348 g/mol. The highest BCUT2D eigenvalue weighted by Gasteiger charge is 2.43. The number of likely N-dealkylation sites (tertiary alicyclic amines) is 1. The van der Waals surface area contributed by atoms with Crippen LogP contribution in [0.4, 0.5) is 13.2 Å². The molecule has 1 N–H and O–H groups in total. The number of amides is 1. The third kappa shape index (κ3) is 5.11. The zero-order chi connectivity index (χ0) is 17.0. The lowest BCUT2D eigenvalue weighted by molar-refractivity contribution is -0.188. The number of halogens is 4. The number of rotatable bonds is 4. The smallest absolute Gasteiger partial charge is 0.351 e. The highest BCUT2D eigenvalue weighted by atomic mass is 35.5. The summed E-state index contributed by atoms with van der Waals surface area (Å²) < 4.78 is 38.5. The van der Waals surface area contributed by atoms with Gasteiger partial charge >= 0.3 is 6.18 Å². The molecule has 23 heavy (non-hydrogen) atoms. The number of piperidine rings is 1. The summed E-state index contributed by atoms with van der Waals surface area (Å²) in [5, 5.41) is 3.38. The van der Waals surface area contributed by atoms with Crippen molar-refractivity contribution in [2.45, 2.75) is 38.5 Å². The number of hydrogen-bond donors (Lipinski definition) is 1. The summed E-state index contributed by atoms with van der Waals surface area (Å²) in [6, 6.07) is 6.48. The van der Waals surface area contributed by atoms with Gasteiger partial charge in [-0.15, -0.1) is 0 Å². The van der Waals surface area contributed by atoms with Gasteiger partial charge in [-0.25, -0.2) is 0 Å². The fraction of sp³-hybridized carbons (Fsp3) is 0.562. The van der Waals surface area contributed by atoms with E-state index in [1.54, 1.807) is 36.1 Å². The van der Waals surface area contributed by atoms with E-state index in [1.165, 1.54) is 0 Å². The van der Waals surface area contributed by atoms with Gasteiger partial charge in [0.1, 0.15) is 0 Å². The van der Waals surface area contributed by atoms with Gasteiger partial charge in [-0.3, -0.25) is 9.69 Å². The molecule has 1 aromatic carbocycles. The van der Waals surface area contributed by atoms with Crippen LogP contribution in [0.2, 0.25) is 5.02 Å². The number of hydrogen-bond acceptors (Lipinski definition) is 2. The molecule has 2 atom stereocenters. The molecule has 0 aromatic heterocycles. The lowest BCUT2D eigenvalue weighted by Crippen LogP contribution is -2.51. The van der Waals surface area contributed by atoms with Gasteiger partial charge < -0.3 is 5.32 Å². The summed E-state index contributed by atoms with van der Waals surface area (Å²) in [6.07, 6.45) is -3.60. The number of nitrogens with zero attached hydrogens (tertiary/aromatic N) is 1. The summed E-state index contributed by atoms with van der Waals surface area (Å²) >= 11 is 5.79. The largest absolute Gasteiger partial charge is 0.393 e. The van der Waals surface area contributed by atoms with Gasteiger partial charge in [0.15, 0.2) is 0 Å². The molecular weight excluding hydrogens is 329 g/mol. The maximum Gasteiger partial charge on any atom is 0.393 e. The lowest BCUT2D eigenvalue weighted by atomic mass is 9.96. The lowest BCUT2D eigenvalue weighted by Gasteiger charge is -2.36. The Bertz CT molecular complexity index is 533. The quantitative estimate of drug-likeness (QED) is 0.901. The van der Waals surface area contributed by atoms with E-state index in [2.05, 4.69) is 5.32 Å². The molecule has 0 bridgehead atoms. The Labute approximate surface area is 138 Å². The molecule has 2 rings (SSSR count). The summed E-state index contributed by atoms with van der Waals surface area (Å²) in [6.45, 7) is 2.38. The van der Waals surface area contributed by atoms with E-state index in [4.69, 9.17) is 11.6 Å². The normalized spacial score (nSPS) is 21.0. The second-order valence-electron chi connectivity index (χ2n) is 5.90. The maximum atomic E-state index is 12.8. The van der Waals surface area contributed by atoms with Crippen LogP contribution in [0.5, 0.6) is 0 Å². The number of alkyl halides is 3. The topological polar surface area (TPSA) is 32.3 Å². The van der Waals surface area contributed by atoms with Crippen LogP contribution in [0.15, 0.2) is 24.3 Å². The van der Waals surface area contributed by atoms with Gasteiger partial charge in [0.05, 0.1) is 12.0 Å². The molecule has 128 valence electrons. The van der Waals surface area contributed by atoms with Crippen molar-refractivity contribution in [2.24, 2.45) is 5.92 Å². The highest BCUT2D eigenvalue weighted by Crippen LogP contribution is 2.33. The van der Waals surface area contributed by atoms with Crippen LogP contribution in [-0.2, 0) is 11.3 Å². The zero-order valence-electron chi connectivity index (χ0n) is 12.9. The number of benzene rings is 1. The molecule has 7 heteroatoms. The third-order valence-electron chi connectivity index (χ3n) is 4.22. The predicted octanol–water partition coefficient (Wildman–Crippen LogP) is 3.62. The Balaban J connectivity index is 1.87. The molecule has 3 nitrogen and oxygen atoms in total. The van der Waals surface area contributed by atoms with Crippen LogP contribution in [0.1, 0.15) is 25.3 Å². The van der Waals surface area contributed by atoms with Gasteiger partial charge in [0, 0.05) is 18.1 Å². The Morgan fingerprint density at radius 1 is 1.39 bits per heavy atom.